The average molecular weight is 304 g/mol. The second-order valence-corrected chi connectivity index (χ2v) is 5.06. The molecule has 0 saturated carbocycles. The van der Waals surface area contributed by atoms with Crippen LogP contribution in [0.15, 0.2) is 66.7 Å². The van der Waals surface area contributed by atoms with E-state index >= 15 is 0 Å². The molecule has 116 valence electrons. The Balaban J connectivity index is 1.73. The third-order valence-electron chi connectivity index (χ3n) is 3.30. The quantitative estimate of drug-likeness (QED) is 0.336. The van der Waals surface area contributed by atoms with E-state index in [2.05, 4.69) is 11.8 Å². The molecule has 0 unspecified atom stereocenters. The minimum absolute atomic E-state index is 0.0491. The van der Waals surface area contributed by atoms with E-state index in [4.69, 9.17) is 4.74 Å². The predicted octanol–water partition coefficient (Wildman–Crippen LogP) is 4.66. The van der Waals surface area contributed by atoms with Crippen molar-refractivity contribution in [2.24, 2.45) is 0 Å². The Hall–Kier alpha value is -2.79. The molecule has 23 heavy (non-hydrogen) atoms. The summed E-state index contributed by atoms with van der Waals surface area (Å²) in [5, 5.41) is 0. The number of unbranched alkanes of at least 4 members (excludes halogenated alkanes) is 2. The van der Waals surface area contributed by atoms with Crippen molar-refractivity contribution < 1.29 is 9.53 Å². The molecule has 2 aromatic carbocycles. The van der Waals surface area contributed by atoms with Gasteiger partial charge < -0.3 is 4.74 Å². The molecule has 0 aromatic heterocycles. The Kier molecular flexibility index (Phi) is 6.68. The SMILES string of the molecule is COc1cccc(C#CCCC/C=C/C(=O)c2ccccc2)c1. The maximum absolute atomic E-state index is 11.9. The molecule has 2 rings (SSSR count). The van der Waals surface area contributed by atoms with Crippen molar-refractivity contribution >= 4 is 5.78 Å². The van der Waals surface area contributed by atoms with Crippen LogP contribution in [0.3, 0.4) is 0 Å². The highest BCUT2D eigenvalue weighted by atomic mass is 16.5. The third-order valence-corrected chi connectivity index (χ3v) is 3.30. The lowest BCUT2D eigenvalue weighted by Crippen LogP contribution is -1.92. The van der Waals surface area contributed by atoms with Gasteiger partial charge in [0.25, 0.3) is 0 Å². The van der Waals surface area contributed by atoms with Gasteiger partial charge in [0.15, 0.2) is 5.78 Å². The minimum atomic E-state index is 0.0491. The minimum Gasteiger partial charge on any atom is -0.497 e. The number of rotatable bonds is 6. The van der Waals surface area contributed by atoms with Crippen LogP contribution in [0.25, 0.3) is 0 Å². The molecular weight excluding hydrogens is 284 g/mol. The summed E-state index contributed by atoms with van der Waals surface area (Å²) >= 11 is 0. The van der Waals surface area contributed by atoms with E-state index in [0.717, 1.165) is 36.1 Å². The van der Waals surface area contributed by atoms with Gasteiger partial charge >= 0.3 is 0 Å². The fourth-order valence-electron chi connectivity index (χ4n) is 2.06. The topological polar surface area (TPSA) is 26.3 Å². The molecule has 0 N–H and O–H groups in total. The van der Waals surface area contributed by atoms with Gasteiger partial charge in [0.05, 0.1) is 7.11 Å². The summed E-state index contributed by atoms with van der Waals surface area (Å²) < 4.78 is 5.16. The predicted molar refractivity (Wildman–Crippen MR) is 93.6 cm³/mol. The van der Waals surface area contributed by atoms with Gasteiger partial charge in [0.2, 0.25) is 0 Å². The first-order valence-electron chi connectivity index (χ1n) is 7.68. The molecule has 2 nitrogen and oxygen atoms in total. The van der Waals surface area contributed by atoms with E-state index < -0.39 is 0 Å². The summed E-state index contributed by atoms with van der Waals surface area (Å²) in [6.07, 6.45) is 6.16. The van der Waals surface area contributed by atoms with E-state index in [9.17, 15) is 4.79 Å². The lowest BCUT2D eigenvalue weighted by molar-refractivity contribution is 0.104. The van der Waals surface area contributed by atoms with E-state index in [1.807, 2.05) is 60.7 Å². The first-order chi connectivity index (χ1) is 11.3. The summed E-state index contributed by atoms with van der Waals surface area (Å²) in [7, 11) is 1.65. The molecule has 0 aliphatic heterocycles. The molecule has 0 aliphatic carbocycles. The van der Waals surface area contributed by atoms with E-state index in [1.165, 1.54) is 0 Å². The van der Waals surface area contributed by atoms with Crippen LogP contribution in [0.2, 0.25) is 0 Å². The number of hydrogen-bond donors (Lipinski definition) is 0. The van der Waals surface area contributed by atoms with Crippen LogP contribution >= 0.6 is 0 Å². The van der Waals surface area contributed by atoms with Gasteiger partial charge in [-0.15, -0.1) is 0 Å². The molecule has 0 atom stereocenters. The Morgan fingerprint density at radius 3 is 2.74 bits per heavy atom. The number of carbonyl (C=O) groups is 1. The van der Waals surface area contributed by atoms with Gasteiger partial charge in [-0.3, -0.25) is 4.79 Å². The van der Waals surface area contributed by atoms with Crippen LogP contribution in [0.4, 0.5) is 0 Å². The Labute approximate surface area is 137 Å². The number of ketones is 1. The van der Waals surface area contributed by atoms with Crippen molar-refractivity contribution in [2.45, 2.75) is 19.3 Å². The van der Waals surface area contributed by atoms with Crippen LogP contribution < -0.4 is 4.74 Å². The molecule has 0 aliphatic rings. The van der Waals surface area contributed by atoms with Gasteiger partial charge in [0.1, 0.15) is 5.75 Å². The molecule has 0 spiro atoms. The lowest BCUT2D eigenvalue weighted by Gasteiger charge is -1.98. The molecule has 0 fully saturated rings. The number of allylic oxidation sites excluding steroid dienone is 2. The number of benzene rings is 2. The zero-order valence-corrected chi connectivity index (χ0v) is 13.3. The van der Waals surface area contributed by atoms with Gasteiger partial charge in [-0.2, -0.15) is 0 Å². The molecule has 2 heteroatoms. The second-order valence-electron chi connectivity index (χ2n) is 5.06. The van der Waals surface area contributed by atoms with Gasteiger partial charge in [0, 0.05) is 17.5 Å². The average Bonchev–Trinajstić information content (AvgIpc) is 2.61. The highest BCUT2D eigenvalue weighted by Gasteiger charge is 1.98. The van der Waals surface area contributed by atoms with Gasteiger partial charge in [-0.1, -0.05) is 54.3 Å². The summed E-state index contributed by atoms with van der Waals surface area (Å²) in [6.45, 7) is 0. The molecular formula is C21H20O2. The third kappa shape index (κ3) is 5.84. The zero-order chi connectivity index (χ0) is 16.3. The first-order valence-corrected chi connectivity index (χ1v) is 7.68. The van der Waals surface area contributed by atoms with E-state index in [1.54, 1.807) is 13.2 Å². The van der Waals surface area contributed by atoms with Crippen molar-refractivity contribution in [1.82, 2.24) is 0 Å². The van der Waals surface area contributed by atoms with Crippen LogP contribution in [0, 0.1) is 11.8 Å². The smallest absolute Gasteiger partial charge is 0.185 e. The second kappa shape index (κ2) is 9.27. The van der Waals surface area contributed by atoms with Crippen molar-refractivity contribution in [2.75, 3.05) is 7.11 Å². The number of hydrogen-bond acceptors (Lipinski definition) is 2. The zero-order valence-electron chi connectivity index (χ0n) is 13.3. The van der Waals surface area contributed by atoms with E-state index in [-0.39, 0.29) is 5.78 Å². The Bertz CT molecular complexity index is 718. The molecule has 0 bridgehead atoms. The van der Waals surface area contributed by atoms with Crippen molar-refractivity contribution in [3.8, 4) is 17.6 Å². The van der Waals surface area contributed by atoms with Gasteiger partial charge in [-0.05, 0) is 37.1 Å². The molecule has 0 amide bonds. The normalized spacial score (nSPS) is 10.1. The largest absolute Gasteiger partial charge is 0.497 e. The van der Waals surface area contributed by atoms with Crippen LogP contribution in [0.1, 0.15) is 35.2 Å². The summed E-state index contributed by atoms with van der Waals surface area (Å²) in [6, 6.07) is 17.0. The lowest BCUT2D eigenvalue weighted by atomic mass is 10.1. The van der Waals surface area contributed by atoms with Crippen LogP contribution in [-0.4, -0.2) is 12.9 Å². The molecule has 0 saturated heterocycles. The number of carbonyl (C=O) groups excluding carboxylic acids is 1. The van der Waals surface area contributed by atoms with Crippen LogP contribution in [0.5, 0.6) is 5.75 Å². The highest BCUT2D eigenvalue weighted by molar-refractivity contribution is 6.04. The fourth-order valence-corrected chi connectivity index (χ4v) is 2.06. The Morgan fingerprint density at radius 2 is 1.96 bits per heavy atom. The van der Waals surface area contributed by atoms with Crippen molar-refractivity contribution in [1.29, 1.82) is 0 Å². The number of ether oxygens (including phenoxy) is 1. The summed E-state index contributed by atoms with van der Waals surface area (Å²) in [4.78, 5) is 11.9. The fraction of sp³-hybridized carbons (Fsp3) is 0.190. The molecule has 2 aromatic rings. The molecule has 0 radical (unpaired) electrons. The van der Waals surface area contributed by atoms with Crippen LogP contribution in [-0.2, 0) is 0 Å². The molecule has 0 heterocycles. The number of methoxy groups -OCH3 is 1. The van der Waals surface area contributed by atoms with Crippen molar-refractivity contribution in [3.05, 3.63) is 77.9 Å². The Morgan fingerprint density at radius 1 is 1.13 bits per heavy atom. The summed E-state index contributed by atoms with van der Waals surface area (Å²) in [5.74, 6) is 7.14. The monoisotopic (exact) mass is 304 g/mol. The highest BCUT2D eigenvalue weighted by Crippen LogP contribution is 2.11. The standard InChI is InChI=1S/C21H20O2/c1-23-20-15-10-12-18(17-20)11-6-3-2-4-9-16-21(22)19-13-7-5-8-14-19/h5,7-10,12-17H,2-4H2,1H3/b16-9+. The maximum Gasteiger partial charge on any atom is 0.185 e. The summed E-state index contributed by atoms with van der Waals surface area (Å²) in [5.41, 5.74) is 1.68. The van der Waals surface area contributed by atoms with Crippen molar-refractivity contribution in [3.63, 3.8) is 0 Å². The maximum atomic E-state index is 11.9. The van der Waals surface area contributed by atoms with E-state index in [0.29, 0.717) is 0 Å². The van der Waals surface area contributed by atoms with Gasteiger partial charge in [-0.25, -0.2) is 0 Å². The first kappa shape index (κ1) is 16.6.